The smallest absolute Gasteiger partial charge is 0.215 e. The predicted molar refractivity (Wildman–Crippen MR) is 64.3 cm³/mol. The van der Waals surface area contributed by atoms with Crippen molar-refractivity contribution in [2.75, 3.05) is 13.2 Å². The standard InChI is InChI=1S/C8H19N5O.ClH/c1-4-13(6(3)14-5-2)8(11)12-7(9)10;/h6H,4-5H2,1-3H3,(H5,9,10,11,12);1H. The van der Waals surface area contributed by atoms with Gasteiger partial charge in [0.15, 0.2) is 0 Å². The largest absolute Gasteiger partial charge is 0.369 e. The minimum absolute atomic E-state index is 0. The summed E-state index contributed by atoms with van der Waals surface area (Å²) in [5, 5.41) is 6.98. The summed E-state index contributed by atoms with van der Waals surface area (Å²) in [6.45, 7) is 6.96. The summed E-state index contributed by atoms with van der Waals surface area (Å²) in [7, 11) is 0. The number of halogens is 1. The van der Waals surface area contributed by atoms with Crippen LogP contribution in [0.4, 0.5) is 0 Å². The van der Waals surface area contributed by atoms with Crippen molar-refractivity contribution in [2.24, 2.45) is 16.5 Å². The summed E-state index contributed by atoms with van der Waals surface area (Å²) in [6.07, 6.45) is -0.159. The van der Waals surface area contributed by atoms with E-state index in [1.807, 2.05) is 20.8 Å². The average Bonchev–Trinajstić information content (AvgIpc) is 2.04. The van der Waals surface area contributed by atoms with Crippen LogP contribution in [0, 0.1) is 5.41 Å². The number of aliphatic imine (C=N–C) groups is 1. The van der Waals surface area contributed by atoms with Crippen molar-refractivity contribution in [2.45, 2.75) is 27.0 Å². The molecule has 0 aliphatic heterocycles. The molecule has 0 aromatic carbocycles. The Bertz CT molecular complexity index is 221. The Morgan fingerprint density at radius 1 is 1.47 bits per heavy atom. The average molecular weight is 238 g/mol. The molecule has 0 saturated carbocycles. The van der Waals surface area contributed by atoms with Crippen molar-refractivity contribution >= 4 is 24.3 Å². The van der Waals surface area contributed by atoms with Gasteiger partial charge in [0.05, 0.1) is 0 Å². The van der Waals surface area contributed by atoms with E-state index < -0.39 is 0 Å². The van der Waals surface area contributed by atoms with Crippen molar-refractivity contribution in [3.63, 3.8) is 0 Å². The van der Waals surface area contributed by atoms with Gasteiger partial charge in [-0.05, 0) is 20.8 Å². The molecule has 0 amide bonds. The van der Waals surface area contributed by atoms with Crippen LogP contribution in [-0.4, -0.2) is 36.2 Å². The number of nitrogens with zero attached hydrogens (tertiary/aromatic N) is 2. The summed E-state index contributed by atoms with van der Waals surface area (Å²) in [6, 6.07) is 0. The van der Waals surface area contributed by atoms with Crippen molar-refractivity contribution < 1.29 is 4.74 Å². The summed E-state index contributed by atoms with van der Waals surface area (Å²) in [4.78, 5) is 5.38. The molecular formula is C8H20ClN5O. The zero-order valence-electron chi connectivity index (χ0n) is 9.36. The molecule has 0 spiro atoms. The lowest BCUT2D eigenvalue weighted by molar-refractivity contribution is -0.00481. The lowest BCUT2D eigenvalue weighted by Crippen LogP contribution is -2.45. The van der Waals surface area contributed by atoms with Crippen LogP contribution >= 0.6 is 12.4 Å². The van der Waals surface area contributed by atoms with Gasteiger partial charge < -0.3 is 21.1 Å². The van der Waals surface area contributed by atoms with E-state index in [2.05, 4.69) is 4.99 Å². The number of nitrogens with one attached hydrogen (secondary N) is 1. The van der Waals surface area contributed by atoms with E-state index in [0.717, 1.165) is 0 Å². The number of nitrogens with two attached hydrogens (primary N) is 2. The lowest BCUT2D eigenvalue weighted by atomic mass is 10.5. The van der Waals surface area contributed by atoms with Crippen LogP contribution in [0.1, 0.15) is 20.8 Å². The summed E-state index contributed by atoms with van der Waals surface area (Å²) < 4.78 is 5.35. The van der Waals surface area contributed by atoms with Gasteiger partial charge >= 0.3 is 0 Å². The van der Waals surface area contributed by atoms with Crippen molar-refractivity contribution in [1.29, 1.82) is 5.41 Å². The van der Waals surface area contributed by atoms with Crippen molar-refractivity contribution in [3.8, 4) is 0 Å². The fraction of sp³-hybridized carbons (Fsp3) is 0.750. The van der Waals surface area contributed by atoms with E-state index in [-0.39, 0.29) is 30.6 Å². The van der Waals surface area contributed by atoms with Gasteiger partial charge in [0, 0.05) is 13.2 Å². The first-order valence-corrected chi connectivity index (χ1v) is 4.59. The van der Waals surface area contributed by atoms with Crippen LogP contribution in [0.2, 0.25) is 0 Å². The van der Waals surface area contributed by atoms with Gasteiger partial charge in [0.2, 0.25) is 11.9 Å². The second-order valence-electron chi connectivity index (χ2n) is 2.70. The predicted octanol–water partition coefficient (Wildman–Crippen LogP) is 0.321. The highest BCUT2D eigenvalue weighted by atomic mass is 35.5. The monoisotopic (exact) mass is 237 g/mol. The molecule has 0 heterocycles. The van der Waals surface area contributed by atoms with Crippen molar-refractivity contribution in [3.05, 3.63) is 0 Å². The number of ether oxygens (including phenoxy) is 1. The molecule has 0 bridgehead atoms. The Balaban J connectivity index is 0. The Morgan fingerprint density at radius 3 is 2.33 bits per heavy atom. The van der Waals surface area contributed by atoms with Gasteiger partial charge in [0.1, 0.15) is 6.23 Å². The first-order valence-electron chi connectivity index (χ1n) is 4.59. The lowest BCUT2D eigenvalue weighted by Gasteiger charge is -2.28. The van der Waals surface area contributed by atoms with E-state index in [1.54, 1.807) is 4.90 Å². The molecule has 7 heteroatoms. The van der Waals surface area contributed by atoms with Crippen LogP contribution in [0.25, 0.3) is 0 Å². The normalized spacial score (nSPS) is 12.9. The number of guanidine groups is 2. The molecule has 0 radical (unpaired) electrons. The summed E-state index contributed by atoms with van der Waals surface area (Å²) in [5.74, 6) is -0.0920. The number of hydrogen-bond acceptors (Lipinski definition) is 2. The Labute approximate surface area is 96.6 Å². The molecular weight excluding hydrogens is 218 g/mol. The highest BCUT2D eigenvalue weighted by molar-refractivity contribution is 5.91. The molecule has 5 N–H and O–H groups in total. The van der Waals surface area contributed by atoms with Crippen molar-refractivity contribution in [1.82, 2.24) is 4.90 Å². The summed E-state index contributed by atoms with van der Waals surface area (Å²) in [5.41, 5.74) is 10.7. The second-order valence-corrected chi connectivity index (χ2v) is 2.70. The third kappa shape index (κ3) is 6.14. The van der Waals surface area contributed by atoms with Crippen LogP contribution in [0.3, 0.4) is 0 Å². The molecule has 90 valence electrons. The SMILES string of the molecule is CCOC(C)N(CC)C(N)=NC(=N)N.Cl. The second kappa shape index (κ2) is 8.31. The van der Waals surface area contributed by atoms with Gasteiger partial charge in [0.25, 0.3) is 0 Å². The van der Waals surface area contributed by atoms with Crippen LogP contribution in [-0.2, 0) is 4.74 Å². The molecule has 0 aromatic rings. The minimum atomic E-state index is -0.301. The van der Waals surface area contributed by atoms with Gasteiger partial charge in [-0.3, -0.25) is 5.41 Å². The first kappa shape index (κ1) is 16.4. The van der Waals surface area contributed by atoms with E-state index in [9.17, 15) is 0 Å². The van der Waals surface area contributed by atoms with Crippen LogP contribution < -0.4 is 11.5 Å². The maximum absolute atomic E-state index is 6.98. The molecule has 0 aliphatic carbocycles. The van der Waals surface area contributed by atoms with Gasteiger partial charge in [-0.15, -0.1) is 12.4 Å². The zero-order valence-corrected chi connectivity index (χ0v) is 10.2. The summed E-state index contributed by atoms with van der Waals surface area (Å²) >= 11 is 0. The molecule has 0 rings (SSSR count). The van der Waals surface area contributed by atoms with Gasteiger partial charge in [-0.25, -0.2) is 0 Å². The maximum atomic E-state index is 6.98. The number of rotatable bonds is 4. The molecule has 1 atom stereocenters. The topological polar surface area (TPSA) is 101 Å². The Kier molecular flexibility index (Phi) is 9.10. The Hall–Kier alpha value is -1.01. The molecule has 0 aromatic heterocycles. The third-order valence-electron chi connectivity index (χ3n) is 1.72. The third-order valence-corrected chi connectivity index (χ3v) is 1.72. The molecule has 0 aliphatic rings. The minimum Gasteiger partial charge on any atom is -0.369 e. The first-order chi connectivity index (χ1) is 6.52. The fourth-order valence-electron chi connectivity index (χ4n) is 1.12. The molecule has 0 saturated heterocycles. The molecule has 1 unspecified atom stereocenters. The fourth-order valence-corrected chi connectivity index (χ4v) is 1.12. The molecule has 15 heavy (non-hydrogen) atoms. The van der Waals surface area contributed by atoms with Gasteiger partial charge in [-0.2, -0.15) is 4.99 Å². The van der Waals surface area contributed by atoms with E-state index in [4.69, 9.17) is 21.6 Å². The van der Waals surface area contributed by atoms with E-state index in [1.165, 1.54) is 0 Å². The number of hydrogen-bond donors (Lipinski definition) is 3. The van der Waals surface area contributed by atoms with E-state index >= 15 is 0 Å². The highest BCUT2D eigenvalue weighted by Crippen LogP contribution is 1.99. The maximum Gasteiger partial charge on any atom is 0.215 e. The highest BCUT2D eigenvalue weighted by Gasteiger charge is 2.13. The molecule has 6 nitrogen and oxygen atoms in total. The van der Waals surface area contributed by atoms with Crippen LogP contribution in [0.5, 0.6) is 0 Å². The van der Waals surface area contributed by atoms with E-state index in [0.29, 0.717) is 13.2 Å². The Morgan fingerprint density at radius 2 is 2.00 bits per heavy atom. The quantitative estimate of drug-likeness (QED) is 0.372. The van der Waals surface area contributed by atoms with Gasteiger partial charge in [-0.1, -0.05) is 0 Å². The molecule has 0 fully saturated rings. The van der Waals surface area contributed by atoms with Crippen LogP contribution in [0.15, 0.2) is 4.99 Å². The zero-order chi connectivity index (χ0) is 11.1.